The van der Waals surface area contributed by atoms with Crippen molar-refractivity contribution in [2.24, 2.45) is 17.1 Å². The van der Waals surface area contributed by atoms with Crippen LogP contribution in [0.4, 0.5) is 13.6 Å². The van der Waals surface area contributed by atoms with Crippen LogP contribution in [0, 0.1) is 23.0 Å². The lowest BCUT2D eigenvalue weighted by Crippen LogP contribution is -2.54. The highest BCUT2D eigenvalue weighted by Gasteiger charge is 2.52. The van der Waals surface area contributed by atoms with E-state index in [0.717, 1.165) is 17.7 Å². The molecule has 216 valence electrons. The topological polar surface area (TPSA) is 114 Å². The second kappa shape index (κ2) is 12.2. The van der Waals surface area contributed by atoms with Gasteiger partial charge >= 0.3 is 6.09 Å². The molecule has 1 unspecified atom stereocenters. The molecule has 2 fully saturated rings. The number of nitrogens with zero attached hydrogens (tertiary/aromatic N) is 2. The number of nitrogens with two attached hydrogens (primary N) is 1. The number of halogens is 2. The van der Waals surface area contributed by atoms with E-state index in [9.17, 15) is 23.2 Å². The molecular formula is C29H36F2N4O5. The molecule has 2 aromatic carbocycles. The van der Waals surface area contributed by atoms with Gasteiger partial charge in [-0.25, -0.2) is 13.6 Å². The summed E-state index contributed by atoms with van der Waals surface area (Å²) in [5.74, 6) is -2.72. The smallest absolute Gasteiger partial charge is 0.407 e. The molecule has 9 nitrogen and oxygen atoms in total. The number of amides is 3. The van der Waals surface area contributed by atoms with Crippen molar-refractivity contribution in [3.8, 4) is 5.75 Å². The number of rotatable bonds is 8. The summed E-state index contributed by atoms with van der Waals surface area (Å²) in [4.78, 5) is 42.2. The molecule has 0 bridgehead atoms. The van der Waals surface area contributed by atoms with Crippen LogP contribution >= 0.6 is 0 Å². The lowest BCUT2D eigenvalue weighted by atomic mass is 9.86. The van der Waals surface area contributed by atoms with E-state index in [1.165, 1.54) is 6.07 Å². The second-order valence-electron chi connectivity index (χ2n) is 11.3. The maximum absolute atomic E-state index is 13.7. The van der Waals surface area contributed by atoms with Gasteiger partial charge in [0.15, 0.2) is 11.6 Å². The average Bonchev–Trinajstić information content (AvgIpc) is 3.51. The minimum Gasteiger partial charge on any atom is -0.493 e. The fourth-order valence-corrected chi connectivity index (χ4v) is 5.24. The third-order valence-corrected chi connectivity index (χ3v) is 7.49. The summed E-state index contributed by atoms with van der Waals surface area (Å²) < 4.78 is 38.1. The predicted molar refractivity (Wildman–Crippen MR) is 143 cm³/mol. The van der Waals surface area contributed by atoms with Gasteiger partial charge in [0.2, 0.25) is 11.8 Å². The van der Waals surface area contributed by atoms with E-state index in [4.69, 9.17) is 15.2 Å². The Morgan fingerprint density at radius 2 is 1.80 bits per heavy atom. The molecule has 0 saturated carbocycles. The first-order valence-electron chi connectivity index (χ1n) is 13.3. The van der Waals surface area contributed by atoms with Crippen molar-refractivity contribution in [2.45, 2.75) is 51.9 Å². The molecule has 11 heteroatoms. The monoisotopic (exact) mass is 558 g/mol. The summed E-state index contributed by atoms with van der Waals surface area (Å²) in [7, 11) is 0. The molecule has 2 saturated heterocycles. The van der Waals surface area contributed by atoms with Crippen molar-refractivity contribution in [1.82, 2.24) is 15.1 Å². The van der Waals surface area contributed by atoms with E-state index in [1.54, 1.807) is 9.80 Å². The van der Waals surface area contributed by atoms with Gasteiger partial charge in [-0.2, -0.15) is 0 Å². The lowest BCUT2D eigenvalue weighted by molar-refractivity contribution is -0.137. The Hall–Kier alpha value is -3.73. The molecule has 4 atom stereocenters. The minimum absolute atomic E-state index is 0.0666. The molecule has 0 radical (unpaired) electrons. The van der Waals surface area contributed by atoms with Gasteiger partial charge in [-0.05, 0) is 29.5 Å². The molecule has 40 heavy (non-hydrogen) atoms. The van der Waals surface area contributed by atoms with Crippen LogP contribution in [0.25, 0.3) is 0 Å². The minimum atomic E-state index is -1.03. The number of hydrogen-bond acceptors (Lipinski definition) is 6. The normalized spacial score (nSPS) is 21.1. The molecule has 4 rings (SSSR count). The maximum atomic E-state index is 13.7. The SMILES string of the molecule is CC(C)(C)C(N)C(=O)N1CC[C@@H]2[C@H]1[C@@H](COc1ccc(F)c(F)c1)CN2C(=O)CNC(=O)OCc1ccccc1. The molecule has 0 aromatic heterocycles. The fraction of sp³-hybridized carbons (Fsp3) is 0.483. The summed E-state index contributed by atoms with van der Waals surface area (Å²) in [5.41, 5.74) is 6.65. The Balaban J connectivity index is 1.43. The van der Waals surface area contributed by atoms with E-state index in [0.29, 0.717) is 13.0 Å². The quantitative estimate of drug-likeness (QED) is 0.515. The number of hydrogen-bond donors (Lipinski definition) is 2. The summed E-state index contributed by atoms with van der Waals surface area (Å²) in [6.07, 6.45) is -0.176. The van der Waals surface area contributed by atoms with Crippen LogP contribution in [0.1, 0.15) is 32.8 Å². The molecular weight excluding hydrogens is 522 g/mol. The Morgan fingerprint density at radius 3 is 2.48 bits per heavy atom. The Morgan fingerprint density at radius 1 is 1.07 bits per heavy atom. The van der Waals surface area contributed by atoms with Gasteiger partial charge in [0.25, 0.3) is 0 Å². The Labute approximate surface area is 232 Å². The number of ether oxygens (including phenoxy) is 2. The number of likely N-dealkylation sites (tertiary alicyclic amines) is 2. The molecule has 2 aromatic rings. The summed E-state index contributed by atoms with van der Waals surface area (Å²) in [6, 6.07) is 11.0. The largest absolute Gasteiger partial charge is 0.493 e. The zero-order valence-electron chi connectivity index (χ0n) is 22.9. The van der Waals surface area contributed by atoms with Crippen LogP contribution < -0.4 is 15.8 Å². The molecule has 3 amide bonds. The van der Waals surface area contributed by atoms with E-state index in [1.807, 2.05) is 51.1 Å². The highest BCUT2D eigenvalue weighted by atomic mass is 19.2. The molecule has 2 aliphatic rings. The van der Waals surface area contributed by atoms with Crippen molar-refractivity contribution in [2.75, 3.05) is 26.2 Å². The van der Waals surface area contributed by atoms with Crippen LogP contribution in [0.15, 0.2) is 48.5 Å². The van der Waals surface area contributed by atoms with Crippen molar-refractivity contribution in [1.29, 1.82) is 0 Å². The van der Waals surface area contributed by atoms with E-state index in [2.05, 4.69) is 5.32 Å². The zero-order valence-corrected chi connectivity index (χ0v) is 22.9. The van der Waals surface area contributed by atoms with Gasteiger partial charge in [-0.3, -0.25) is 9.59 Å². The zero-order chi connectivity index (χ0) is 29.0. The first kappa shape index (κ1) is 29.3. The van der Waals surface area contributed by atoms with Crippen LogP contribution in [0.3, 0.4) is 0 Å². The third-order valence-electron chi connectivity index (χ3n) is 7.49. The van der Waals surface area contributed by atoms with Gasteiger partial charge in [0.1, 0.15) is 18.9 Å². The highest BCUT2D eigenvalue weighted by Crippen LogP contribution is 2.37. The van der Waals surface area contributed by atoms with E-state index in [-0.39, 0.29) is 61.9 Å². The van der Waals surface area contributed by atoms with Gasteiger partial charge in [0.05, 0.1) is 24.7 Å². The van der Waals surface area contributed by atoms with E-state index >= 15 is 0 Å². The van der Waals surface area contributed by atoms with Gasteiger partial charge in [0, 0.05) is 25.1 Å². The number of fused-ring (bicyclic) bond motifs is 1. The average molecular weight is 559 g/mol. The number of benzene rings is 2. The molecule has 0 spiro atoms. The fourth-order valence-electron chi connectivity index (χ4n) is 5.24. The van der Waals surface area contributed by atoms with Gasteiger partial charge in [-0.1, -0.05) is 51.1 Å². The van der Waals surface area contributed by atoms with E-state index < -0.39 is 29.2 Å². The van der Waals surface area contributed by atoms with Gasteiger partial charge < -0.3 is 30.3 Å². The van der Waals surface area contributed by atoms with Crippen LogP contribution in [0.5, 0.6) is 5.75 Å². The van der Waals surface area contributed by atoms with Crippen molar-refractivity contribution >= 4 is 17.9 Å². The van der Waals surface area contributed by atoms with Crippen molar-refractivity contribution in [3.05, 3.63) is 65.7 Å². The van der Waals surface area contributed by atoms with Crippen LogP contribution in [0.2, 0.25) is 0 Å². The lowest BCUT2D eigenvalue weighted by Gasteiger charge is -2.34. The first-order valence-corrected chi connectivity index (χ1v) is 13.3. The second-order valence-corrected chi connectivity index (χ2v) is 11.3. The molecule has 0 aliphatic carbocycles. The van der Waals surface area contributed by atoms with Gasteiger partial charge in [-0.15, -0.1) is 0 Å². The highest BCUT2D eigenvalue weighted by molar-refractivity contribution is 5.85. The third kappa shape index (κ3) is 6.70. The molecule has 2 heterocycles. The van der Waals surface area contributed by atoms with Crippen molar-refractivity contribution in [3.63, 3.8) is 0 Å². The number of carbonyl (C=O) groups excluding carboxylic acids is 3. The predicted octanol–water partition coefficient (Wildman–Crippen LogP) is 3.07. The van der Waals surface area contributed by atoms with Crippen LogP contribution in [-0.2, 0) is 20.9 Å². The number of carbonyl (C=O) groups is 3. The van der Waals surface area contributed by atoms with Crippen molar-refractivity contribution < 1.29 is 32.6 Å². The molecule has 2 aliphatic heterocycles. The summed E-state index contributed by atoms with van der Waals surface area (Å²) in [5, 5.41) is 2.50. The standard InChI is InChI=1S/C29H36F2N4O5/c1-29(2,3)26(32)27(37)34-12-11-23-25(34)19(17-39-20-9-10-21(30)22(31)13-20)15-35(23)24(36)14-33-28(38)40-16-18-7-5-4-6-8-18/h4-10,13,19,23,25-26H,11-12,14-17,32H2,1-3H3,(H,33,38)/t19-,23-,25-,26?/m1/s1. The Kier molecular flexibility index (Phi) is 8.92. The Bertz CT molecular complexity index is 1220. The number of nitrogens with one attached hydrogen (secondary N) is 1. The summed E-state index contributed by atoms with van der Waals surface area (Å²) in [6.45, 7) is 6.20. The number of alkyl carbamates (subject to hydrolysis) is 1. The van der Waals surface area contributed by atoms with Crippen LogP contribution in [-0.4, -0.2) is 72.1 Å². The molecule has 3 N–H and O–H groups in total. The maximum Gasteiger partial charge on any atom is 0.407 e. The summed E-state index contributed by atoms with van der Waals surface area (Å²) >= 11 is 0. The first-order chi connectivity index (χ1) is 19.0.